The molecule has 3 aromatic heterocycles. The molecule has 0 saturated carbocycles. The van der Waals surface area contributed by atoms with Crippen LogP contribution in [0, 0.1) is 0 Å². The second-order valence-corrected chi connectivity index (χ2v) is 10.8. The fourth-order valence-corrected chi connectivity index (χ4v) is 4.43. The third-order valence-corrected chi connectivity index (χ3v) is 7.58. The van der Waals surface area contributed by atoms with Crippen molar-refractivity contribution in [3.8, 4) is 33.9 Å². The Morgan fingerprint density at radius 3 is 2.00 bits per heavy atom. The molecule has 0 aliphatic heterocycles. The minimum absolute atomic E-state index is 0.00426. The number of amides is 1. The van der Waals surface area contributed by atoms with E-state index in [0.29, 0.717) is 18.9 Å². The second-order valence-electron chi connectivity index (χ2n) is 10.8. The Hall–Kier alpha value is -5.16. The summed E-state index contributed by atoms with van der Waals surface area (Å²) in [5, 5.41) is 0. The van der Waals surface area contributed by atoms with E-state index in [9.17, 15) is 9.59 Å². The molecule has 0 unspecified atom stereocenters. The first kappa shape index (κ1) is 39.0. The van der Waals surface area contributed by atoms with Crippen LogP contribution in [-0.4, -0.2) is 79.8 Å². The Bertz CT molecular complexity index is 1620. The lowest BCUT2D eigenvalue weighted by atomic mass is 10.1. The lowest BCUT2D eigenvalue weighted by molar-refractivity contribution is -0.130. The molecule has 4 rings (SSSR count). The van der Waals surface area contributed by atoms with E-state index >= 15 is 0 Å². The zero-order chi connectivity index (χ0) is 35.6. The van der Waals surface area contributed by atoms with Crippen molar-refractivity contribution in [1.29, 1.82) is 0 Å². The van der Waals surface area contributed by atoms with Crippen LogP contribution >= 0.6 is 0 Å². The third-order valence-electron chi connectivity index (χ3n) is 7.58. The molecule has 0 spiro atoms. The Balaban J connectivity index is 0.000000525. The minimum Gasteiger partial charge on any atom is -0.463 e. The van der Waals surface area contributed by atoms with Crippen LogP contribution in [0.1, 0.15) is 71.7 Å². The number of benzene rings is 1. The molecule has 0 bridgehead atoms. The van der Waals surface area contributed by atoms with Crippen LogP contribution in [0.5, 0.6) is 0 Å². The first-order valence-corrected chi connectivity index (χ1v) is 16.1. The molecule has 0 fully saturated rings. The molecule has 0 aliphatic carbocycles. The summed E-state index contributed by atoms with van der Waals surface area (Å²) in [5.74, 6) is 2.34. The number of allylic oxidation sites excluding steroid dienone is 3. The van der Waals surface area contributed by atoms with Gasteiger partial charge in [-0.3, -0.25) is 14.5 Å². The maximum Gasteiger partial charge on any atom is 0.293 e. The third kappa shape index (κ3) is 11.0. The number of aromatic amines is 2. The molecule has 0 aliphatic rings. The van der Waals surface area contributed by atoms with Gasteiger partial charge in [-0.15, -0.1) is 0 Å². The molecule has 11 heteroatoms. The van der Waals surface area contributed by atoms with E-state index in [0.717, 1.165) is 51.7 Å². The van der Waals surface area contributed by atoms with Crippen molar-refractivity contribution in [3.05, 3.63) is 97.2 Å². The van der Waals surface area contributed by atoms with E-state index in [1.807, 2.05) is 84.4 Å². The summed E-state index contributed by atoms with van der Waals surface area (Å²) in [6.07, 6.45) is 15.2. The lowest BCUT2D eigenvalue weighted by Crippen LogP contribution is -2.29. The highest BCUT2D eigenvalue weighted by Gasteiger charge is 2.21. The van der Waals surface area contributed by atoms with E-state index in [4.69, 9.17) is 0 Å². The largest absolute Gasteiger partial charge is 0.463 e. The Labute approximate surface area is 284 Å². The van der Waals surface area contributed by atoms with Crippen molar-refractivity contribution in [2.24, 2.45) is 0 Å². The summed E-state index contributed by atoms with van der Waals surface area (Å²) in [5.41, 5.74) is 5.58. The fraction of sp³-hybridized carbons (Fsp3) is 0.351. The van der Waals surface area contributed by atoms with Crippen molar-refractivity contribution < 1.29 is 14.3 Å². The standard InChI is InChI=1S/C26H32N8O.C9H12O2.C2H6/c1-7-23(34(6)17(3)35)26-30-15-22(32-26)20-12-27-25(28-13-20)19-10-8-18(9-11-19)21-14-29-24(31-21)16(2)33(4)5;1-3-5-6-9(4-2)7-11-8-10;1-2/h8-16,23H,7H2,1-6H3,(H,29,31)(H,30,32);3-6,8H,1,7H2,2H3;1-2H3/b;6-5-,9-4+;/t16-,23-;;/m0../s1. The van der Waals surface area contributed by atoms with Gasteiger partial charge in [0.05, 0.1) is 35.9 Å². The lowest BCUT2D eigenvalue weighted by Gasteiger charge is -2.24. The molecule has 2 atom stereocenters. The van der Waals surface area contributed by atoms with Gasteiger partial charge < -0.3 is 19.6 Å². The molecule has 48 heavy (non-hydrogen) atoms. The van der Waals surface area contributed by atoms with E-state index in [1.54, 1.807) is 49.6 Å². The smallest absolute Gasteiger partial charge is 0.293 e. The van der Waals surface area contributed by atoms with E-state index in [-0.39, 0.29) is 18.0 Å². The van der Waals surface area contributed by atoms with Gasteiger partial charge in [0.15, 0.2) is 5.82 Å². The van der Waals surface area contributed by atoms with Crippen molar-refractivity contribution in [2.75, 3.05) is 27.7 Å². The predicted octanol–water partition coefficient (Wildman–Crippen LogP) is 7.35. The summed E-state index contributed by atoms with van der Waals surface area (Å²) in [4.78, 5) is 50.3. The van der Waals surface area contributed by atoms with E-state index in [1.165, 1.54) is 0 Å². The average molecular weight is 655 g/mol. The molecule has 11 nitrogen and oxygen atoms in total. The highest BCUT2D eigenvalue weighted by molar-refractivity contribution is 5.73. The summed E-state index contributed by atoms with van der Waals surface area (Å²) in [6, 6.07) is 8.22. The van der Waals surface area contributed by atoms with Crippen LogP contribution in [0.2, 0.25) is 0 Å². The highest BCUT2D eigenvalue weighted by atomic mass is 16.5. The van der Waals surface area contributed by atoms with Gasteiger partial charge in [-0.05, 0) is 45.5 Å². The maximum absolute atomic E-state index is 11.8. The molecular formula is C37H50N8O3. The monoisotopic (exact) mass is 654 g/mol. The topological polar surface area (TPSA) is 133 Å². The molecule has 1 amide bonds. The summed E-state index contributed by atoms with van der Waals surface area (Å²) < 4.78 is 4.55. The summed E-state index contributed by atoms with van der Waals surface area (Å²) in [7, 11) is 5.86. The molecule has 4 aromatic rings. The number of H-pyrrole nitrogens is 2. The van der Waals surface area contributed by atoms with Crippen LogP contribution < -0.4 is 0 Å². The van der Waals surface area contributed by atoms with Crippen molar-refractivity contribution in [2.45, 2.75) is 60.0 Å². The van der Waals surface area contributed by atoms with Crippen molar-refractivity contribution in [1.82, 2.24) is 39.7 Å². The van der Waals surface area contributed by atoms with E-state index in [2.05, 4.69) is 53.0 Å². The van der Waals surface area contributed by atoms with Gasteiger partial charge in [-0.1, -0.05) is 75.9 Å². The van der Waals surface area contributed by atoms with Crippen LogP contribution in [0.4, 0.5) is 0 Å². The number of carbonyl (C=O) groups excluding carboxylic acids is 2. The SMILES string of the molecule is C=C/C=C\C(=C/C)COC=O.CC.CC[C@@H](c1ncc(-c2cnc(-c3ccc(-c4cnc([C@H](C)N(C)C)[nH]4)cc3)nc2)[nH]1)N(C)C(C)=O. The van der Waals surface area contributed by atoms with Crippen molar-refractivity contribution >= 4 is 12.4 Å². The first-order valence-electron chi connectivity index (χ1n) is 16.1. The zero-order valence-electron chi connectivity index (χ0n) is 29.7. The number of imidazole rings is 2. The van der Waals surface area contributed by atoms with Crippen LogP contribution in [-0.2, 0) is 14.3 Å². The number of nitrogens with one attached hydrogen (secondary N) is 2. The van der Waals surface area contributed by atoms with Gasteiger partial charge in [-0.2, -0.15) is 0 Å². The van der Waals surface area contributed by atoms with Gasteiger partial charge >= 0.3 is 0 Å². The normalized spacial score (nSPS) is 12.3. The summed E-state index contributed by atoms with van der Waals surface area (Å²) >= 11 is 0. The van der Waals surface area contributed by atoms with Gasteiger partial charge in [0.25, 0.3) is 6.47 Å². The first-order chi connectivity index (χ1) is 23.1. The molecule has 256 valence electrons. The number of hydrogen-bond acceptors (Lipinski definition) is 8. The van der Waals surface area contributed by atoms with E-state index < -0.39 is 0 Å². The van der Waals surface area contributed by atoms with Gasteiger partial charge in [-0.25, -0.2) is 19.9 Å². The second kappa shape index (κ2) is 20.2. The Morgan fingerprint density at radius 1 is 0.917 bits per heavy atom. The Kier molecular flexibility index (Phi) is 16.4. The van der Waals surface area contributed by atoms with Gasteiger partial charge in [0, 0.05) is 37.5 Å². The van der Waals surface area contributed by atoms with Crippen LogP contribution in [0.25, 0.3) is 33.9 Å². The zero-order valence-corrected chi connectivity index (χ0v) is 29.7. The maximum atomic E-state index is 11.8. The van der Waals surface area contributed by atoms with Crippen LogP contribution in [0.15, 0.2) is 85.5 Å². The number of ether oxygens (including phenoxy) is 1. The number of aromatic nitrogens is 6. The molecule has 2 N–H and O–H groups in total. The number of nitrogens with zero attached hydrogens (tertiary/aromatic N) is 6. The molecule has 1 aromatic carbocycles. The van der Waals surface area contributed by atoms with Crippen LogP contribution in [0.3, 0.4) is 0 Å². The predicted molar refractivity (Wildman–Crippen MR) is 193 cm³/mol. The minimum atomic E-state index is -0.1000. The quantitative estimate of drug-likeness (QED) is 0.113. The molecule has 3 heterocycles. The van der Waals surface area contributed by atoms with Gasteiger partial charge in [0.1, 0.15) is 18.3 Å². The summed E-state index contributed by atoms with van der Waals surface area (Å²) in [6.45, 7) is 15.9. The van der Waals surface area contributed by atoms with Crippen molar-refractivity contribution in [3.63, 3.8) is 0 Å². The average Bonchev–Trinajstić information content (AvgIpc) is 3.81. The molecular weight excluding hydrogens is 604 g/mol. The number of carbonyl (C=O) groups is 2. The highest BCUT2D eigenvalue weighted by Crippen LogP contribution is 2.26. The number of hydrogen-bond donors (Lipinski definition) is 2. The molecule has 0 saturated heterocycles. The van der Waals surface area contributed by atoms with Gasteiger partial charge in [0.2, 0.25) is 5.91 Å². The fourth-order valence-electron chi connectivity index (χ4n) is 4.43. The number of rotatable bonds is 13. The Morgan fingerprint density at radius 2 is 1.48 bits per heavy atom. The molecule has 0 radical (unpaired) electrons.